The third-order valence-electron chi connectivity index (χ3n) is 3.47. The van der Waals surface area contributed by atoms with Gasteiger partial charge in [0.1, 0.15) is 71.2 Å². The van der Waals surface area contributed by atoms with E-state index in [1.165, 1.54) is 27.7 Å². The molecule has 0 saturated heterocycles. The van der Waals surface area contributed by atoms with Gasteiger partial charge in [-0.3, -0.25) is 9.59 Å². The molecule has 0 aromatic heterocycles. The van der Waals surface area contributed by atoms with Crippen molar-refractivity contribution in [2.24, 2.45) is 0 Å². The molecule has 0 fully saturated rings. The standard InChI is InChI=1S/C21H32O17/c1-13(37-20(27)32-8-6-30-16(4)23)10-34-19(26)35-11-17(24)12-36-21(28)38-14(2)9-33-18(25)31-7-5-29-15(3)22/h13-14,17,24H,5-12H2,1-4H3. The molecule has 0 aliphatic carbocycles. The Morgan fingerprint density at radius 1 is 0.500 bits per heavy atom. The van der Waals surface area contributed by atoms with Crippen molar-refractivity contribution in [3.63, 3.8) is 0 Å². The second-order valence-corrected chi connectivity index (χ2v) is 7.13. The Labute approximate surface area is 217 Å². The molecule has 17 heteroatoms. The van der Waals surface area contributed by atoms with Gasteiger partial charge in [-0.2, -0.15) is 0 Å². The molecule has 0 bridgehead atoms. The summed E-state index contributed by atoms with van der Waals surface area (Å²) in [6.45, 7) is 2.49. The summed E-state index contributed by atoms with van der Waals surface area (Å²) < 4.78 is 46.6. The summed E-state index contributed by atoms with van der Waals surface area (Å²) in [5.41, 5.74) is 0. The van der Waals surface area contributed by atoms with Gasteiger partial charge in [0.25, 0.3) is 0 Å². The van der Waals surface area contributed by atoms with Crippen LogP contribution in [0, 0.1) is 0 Å². The number of aliphatic hydroxyl groups is 1. The lowest BCUT2D eigenvalue weighted by atomic mass is 10.4. The Bertz CT molecular complexity index is 767. The molecule has 0 amide bonds. The van der Waals surface area contributed by atoms with Crippen molar-refractivity contribution in [2.75, 3.05) is 52.9 Å². The maximum Gasteiger partial charge on any atom is 0.508 e. The number of hydrogen-bond donors (Lipinski definition) is 1. The number of esters is 2. The Balaban J connectivity index is 3.92. The van der Waals surface area contributed by atoms with Crippen LogP contribution in [0.2, 0.25) is 0 Å². The van der Waals surface area contributed by atoms with Crippen LogP contribution < -0.4 is 0 Å². The van der Waals surface area contributed by atoms with E-state index in [1.807, 2.05) is 0 Å². The highest BCUT2D eigenvalue weighted by molar-refractivity contribution is 5.66. The number of carbonyl (C=O) groups is 6. The maximum absolute atomic E-state index is 11.6. The zero-order chi connectivity index (χ0) is 28.9. The van der Waals surface area contributed by atoms with Crippen LogP contribution >= 0.6 is 0 Å². The Kier molecular flexibility index (Phi) is 18.0. The monoisotopic (exact) mass is 556 g/mol. The van der Waals surface area contributed by atoms with E-state index in [0.717, 1.165) is 0 Å². The van der Waals surface area contributed by atoms with Gasteiger partial charge in [-0.1, -0.05) is 0 Å². The fourth-order valence-electron chi connectivity index (χ4n) is 1.92. The molecular weight excluding hydrogens is 524 g/mol. The van der Waals surface area contributed by atoms with Crippen LogP contribution in [0.3, 0.4) is 0 Å². The molecule has 0 spiro atoms. The fourth-order valence-corrected chi connectivity index (χ4v) is 1.92. The molecule has 0 rings (SSSR count). The molecule has 17 nitrogen and oxygen atoms in total. The SMILES string of the molecule is CC(=O)OCCOC(=O)OCC(C)OC(=O)OCC(O)COC(=O)OCC(C)OC(=O)OCCOC(C)=O. The van der Waals surface area contributed by atoms with E-state index in [2.05, 4.69) is 33.2 Å². The number of aliphatic hydroxyl groups excluding tert-OH is 1. The van der Waals surface area contributed by atoms with Crippen molar-refractivity contribution in [3.8, 4) is 0 Å². The summed E-state index contributed by atoms with van der Waals surface area (Å²) >= 11 is 0. The van der Waals surface area contributed by atoms with Gasteiger partial charge in [-0.15, -0.1) is 0 Å². The van der Waals surface area contributed by atoms with E-state index in [9.17, 15) is 33.9 Å². The van der Waals surface area contributed by atoms with Gasteiger partial charge in [0.2, 0.25) is 0 Å². The Morgan fingerprint density at radius 3 is 1.26 bits per heavy atom. The molecule has 0 heterocycles. The minimum atomic E-state index is -1.42. The third-order valence-corrected chi connectivity index (χ3v) is 3.47. The first-order chi connectivity index (χ1) is 17.9. The summed E-state index contributed by atoms with van der Waals surface area (Å²) in [7, 11) is 0. The largest absolute Gasteiger partial charge is 0.508 e. The molecule has 0 aliphatic heterocycles. The summed E-state index contributed by atoms with van der Waals surface area (Å²) in [5, 5.41) is 9.73. The lowest BCUT2D eigenvalue weighted by molar-refractivity contribution is -0.143. The number of ether oxygens (including phenoxy) is 10. The number of hydrogen-bond acceptors (Lipinski definition) is 17. The first-order valence-electron chi connectivity index (χ1n) is 11.1. The van der Waals surface area contributed by atoms with Crippen LogP contribution in [-0.4, -0.2) is 113 Å². The first kappa shape index (κ1) is 34.0. The van der Waals surface area contributed by atoms with Crippen molar-refractivity contribution < 1.29 is 81.2 Å². The van der Waals surface area contributed by atoms with Gasteiger partial charge in [0.15, 0.2) is 0 Å². The fraction of sp³-hybridized carbons (Fsp3) is 0.714. The third kappa shape index (κ3) is 21.3. The van der Waals surface area contributed by atoms with Crippen molar-refractivity contribution >= 4 is 36.6 Å². The highest BCUT2D eigenvalue weighted by atomic mass is 16.8. The molecule has 1 N–H and O–H groups in total. The van der Waals surface area contributed by atoms with Crippen molar-refractivity contribution in [3.05, 3.63) is 0 Å². The topological polar surface area (TPSA) is 215 Å². The molecule has 0 aromatic rings. The summed E-state index contributed by atoms with van der Waals surface area (Å²) in [4.78, 5) is 67.0. The van der Waals surface area contributed by atoms with Crippen LogP contribution in [0.15, 0.2) is 0 Å². The van der Waals surface area contributed by atoms with Gasteiger partial charge < -0.3 is 52.5 Å². The summed E-state index contributed by atoms with van der Waals surface area (Å²) in [6, 6.07) is 0. The average molecular weight is 556 g/mol. The molecule has 0 aromatic carbocycles. The van der Waals surface area contributed by atoms with E-state index in [-0.39, 0.29) is 33.0 Å². The van der Waals surface area contributed by atoms with E-state index in [4.69, 9.17) is 14.2 Å². The first-order valence-corrected chi connectivity index (χ1v) is 11.1. The molecule has 218 valence electrons. The van der Waals surface area contributed by atoms with Gasteiger partial charge in [-0.05, 0) is 13.8 Å². The van der Waals surface area contributed by atoms with Crippen LogP contribution in [-0.2, 0) is 57.0 Å². The van der Waals surface area contributed by atoms with E-state index >= 15 is 0 Å². The van der Waals surface area contributed by atoms with E-state index in [0.29, 0.717) is 0 Å². The van der Waals surface area contributed by atoms with Gasteiger partial charge in [-0.25, -0.2) is 19.2 Å². The predicted molar refractivity (Wildman–Crippen MR) is 118 cm³/mol. The van der Waals surface area contributed by atoms with Crippen molar-refractivity contribution in [1.29, 1.82) is 0 Å². The molecular formula is C21H32O17. The molecule has 0 aliphatic rings. The summed E-state index contributed by atoms with van der Waals surface area (Å²) in [6.07, 6.45) is -7.79. The lowest BCUT2D eigenvalue weighted by Gasteiger charge is -2.16. The van der Waals surface area contributed by atoms with Crippen LogP contribution in [0.1, 0.15) is 27.7 Å². The molecule has 3 unspecified atom stereocenters. The highest BCUT2D eigenvalue weighted by Crippen LogP contribution is 2.01. The minimum Gasteiger partial charge on any atom is -0.462 e. The van der Waals surface area contributed by atoms with E-state index in [1.54, 1.807) is 0 Å². The predicted octanol–water partition coefficient (Wildman–Crippen LogP) is 0.863. The van der Waals surface area contributed by atoms with Gasteiger partial charge >= 0.3 is 36.6 Å². The van der Waals surface area contributed by atoms with Crippen molar-refractivity contribution in [2.45, 2.75) is 46.0 Å². The molecule has 38 heavy (non-hydrogen) atoms. The van der Waals surface area contributed by atoms with Gasteiger partial charge in [0, 0.05) is 13.8 Å². The number of carbonyl (C=O) groups excluding carboxylic acids is 6. The Morgan fingerprint density at radius 2 is 0.816 bits per heavy atom. The average Bonchev–Trinajstić information content (AvgIpc) is 2.83. The van der Waals surface area contributed by atoms with Crippen LogP contribution in [0.5, 0.6) is 0 Å². The molecule has 3 atom stereocenters. The Hall–Kier alpha value is -4.02. The zero-order valence-electron chi connectivity index (χ0n) is 21.4. The number of rotatable bonds is 16. The van der Waals surface area contributed by atoms with Crippen LogP contribution in [0.4, 0.5) is 19.2 Å². The van der Waals surface area contributed by atoms with Crippen molar-refractivity contribution in [1.82, 2.24) is 0 Å². The molecule has 0 saturated carbocycles. The minimum absolute atomic E-state index is 0.141. The lowest BCUT2D eigenvalue weighted by Crippen LogP contribution is -2.29. The molecule has 0 radical (unpaired) electrons. The second-order valence-electron chi connectivity index (χ2n) is 7.13. The second kappa shape index (κ2) is 20.1. The summed E-state index contributed by atoms with van der Waals surface area (Å²) in [5.74, 6) is -1.07. The highest BCUT2D eigenvalue weighted by Gasteiger charge is 2.18. The maximum atomic E-state index is 11.6. The van der Waals surface area contributed by atoms with Gasteiger partial charge in [0.05, 0.1) is 0 Å². The van der Waals surface area contributed by atoms with Crippen LogP contribution in [0.25, 0.3) is 0 Å². The smallest absolute Gasteiger partial charge is 0.462 e. The normalized spacial score (nSPS) is 12.4. The quantitative estimate of drug-likeness (QED) is 0.158. The zero-order valence-corrected chi connectivity index (χ0v) is 21.4. The van der Waals surface area contributed by atoms with E-state index < -0.39 is 74.7 Å².